The van der Waals surface area contributed by atoms with E-state index in [-0.39, 0.29) is 0 Å². The van der Waals surface area contributed by atoms with Crippen LogP contribution in [0.25, 0.3) is 11.2 Å². The van der Waals surface area contributed by atoms with Crippen LogP contribution >= 0.6 is 12.2 Å². The van der Waals surface area contributed by atoms with E-state index in [1.54, 1.807) is 7.11 Å². The molecule has 1 aliphatic rings. The fourth-order valence-electron chi connectivity index (χ4n) is 2.88. The van der Waals surface area contributed by atoms with E-state index in [9.17, 15) is 0 Å². The van der Waals surface area contributed by atoms with Gasteiger partial charge in [0.2, 0.25) is 5.88 Å². The average molecular weight is 293 g/mol. The maximum Gasteiger partial charge on any atom is 0.242 e. The van der Waals surface area contributed by atoms with Gasteiger partial charge < -0.3 is 19.2 Å². The van der Waals surface area contributed by atoms with Crippen molar-refractivity contribution in [3.8, 4) is 5.88 Å². The molecule has 0 spiro atoms. The highest BCUT2D eigenvalue weighted by atomic mass is 32.1. The molecule has 20 heavy (non-hydrogen) atoms. The Balaban J connectivity index is 1.92. The van der Waals surface area contributed by atoms with Crippen LogP contribution < -0.4 is 4.74 Å². The summed E-state index contributed by atoms with van der Waals surface area (Å²) >= 11 is 5.42. The van der Waals surface area contributed by atoms with Gasteiger partial charge >= 0.3 is 0 Å². The van der Waals surface area contributed by atoms with E-state index in [0.717, 1.165) is 30.8 Å². The molecule has 2 aromatic rings. The predicted molar refractivity (Wildman–Crippen MR) is 79.5 cm³/mol. The Kier molecular flexibility index (Phi) is 3.71. The summed E-state index contributed by atoms with van der Waals surface area (Å²) in [6, 6.07) is 0. The van der Waals surface area contributed by atoms with E-state index < -0.39 is 0 Å². The molecule has 0 saturated carbocycles. The Morgan fingerprint density at radius 1 is 1.50 bits per heavy atom. The van der Waals surface area contributed by atoms with Crippen molar-refractivity contribution in [3.63, 3.8) is 0 Å². The fraction of sp³-hybridized carbons (Fsp3) is 0.615. The first-order valence-electron chi connectivity index (χ1n) is 6.92. The molecule has 6 nitrogen and oxygen atoms in total. The Bertz CT molecular complexity index is 664. The molecule has 3 heterocycles. The first-order valence-corrected chi connectivity index (χ1v) is 7.33. The van der Waals surface area contributed by atoms with E-state index in [1.807, 2.05) is 0 Å². The topological polar surface area (TPSA) is 59.0 Å². The van der Waals surface area contributed by atoms with Crippen molar-refractivity contribution >= 4 is 23.4 Å². The number of hydrogen-bond donors (Lipinski definition) is 1. The van der Waals surface area contributed by atoms with Crippen LogP contribution in [0.15, 0.2) is 6.33 Å². The Hall–Kier alpha value is -1.47. The van der Waals surface area contributed by atoms with Crippen LogP contribution in [0.3, 0.4) is 0 Å². The lowest BCUT2D eigenvalue weighted by Gasteiger charge is -2.13. The third-order valence-corrected chi connectivity index (χ3v) is 4.30. The Morgan fingerprint density at radius 2 is 2.35 bits per heavy atom. The second kappa shape index (κ2) is 5.49. The van der Waals surface area contributed by atoms with Crippen molar-refractivity contribution in [1.82, 2.24) is 24.4 Å². The summed E-state index contributed by atoms with van der Waals surface area (Å²) in [7, 11) is 1.60. The number of ether oxygens (including phenoxy) is 1. The minimum atomic E-state index is 0.543. The number of rotatable bonds is 4. The van der Waals surface area contributed by atoms with E-state index in [0.29, 0.717) is 16.6 Å². The molecule has 1 N–H and O–H groups in total. The second-order valence-corrected chi connectivity index (χ2v) is 5.56. The molecule has 0 radical (unpaired) electrons. The Morgan fingerprint density at radius 3 is 3.05 bits per heavy atom. The van der Waals surface area contributed by atoms with Crippen molar-refractivity contribution < 1.29 is 4.74 Å². The van der Waals surface area contributed by atoms with Crippen LogP contribution in [-0.4, -0.2) is 51.2 Å². The number of fused-ring (bicyclic) bond motifs is 1. The molecule has 1 unspecified atom stereocenters. The number of methoxy groups -OCH3 is 1. The molecule has 0 amide bonds. The zero-order valence-electron chi connectivity index (χ0n) is 11.8. The van der Waals surface area contributed by atoms with Crippen LogP contribution in [0.1, 0.15) is 13.3 Å². The van der Waals surface area contributed by atoms with Crippen molar-refractivity contribution in [2.24, 2.45) is 5.92 Å². The third kappa shape index (κ3) is 2.31. The lowest BCUT2D eigenvalue weighted by atomic mass is 10.1. The van der Waals surface area contributed by atoms with Gasteiger partial charge in [-0.25, -0.2) is 4.98 Å². The summed E-state index contributed by atoms with van der Waals surface area (Å²) < 4.78 is 8.01. The van der Waals surface area contributed by atoms with Crippen molar-refractivity contribution in [1.29, 1.82) is 0 Å². The van der Waals surface area contributed by atoms with Crippen LogP contribution in [0, 0.1) is 10.7 Å². The van der Waals surface area contributed by atoms with Gasteiger partial charge in [0.15, 0.2) is 10.4 Å². The largest absolute Gasteiger partial charge is 0.479 e. The van der Waals surface area contributed by atoms with Crippen LogP contribution in [0.2, 0.25) is 0 Å². The first-order chi connectivity index (χ1) is 9.72. The first kappa shape index (κ1) is 13.5. The maximum atomic E-state index is 5.42. The van der Waals surface area contributed by atoms with Crippen molar-refractivity contribution in [2.75, 3.05) is 26.7 Å². The van der Waals surface area contributed by atoms with Gasteiger partial charge in [0, 0.05) is 13.1 Å². The minimum Gasteiger partial charge on any atom is -0.479 e. The lowest BCUT2D eigenvalue weighted by Crippen LogP contribution is -2.21. The van der Waals surface area contributed by atoms with E-state index in [2.05, 4.69) is 31.3 Å². The van der Waals surface area contributed by atoms with Crippen molar-refractivity contribution in [2.45, 2.75) is 19.9 Å². The number of aromatic nitrogens is 4. The fourth-order valence-corrected chi connectivity index (χ4v) is 3.14. The van der Waals surface area contributed by atoms with Gasteiger partial charge in [-0.3, -0.25) is 0 Å². The van der Waals surface area contributed by atoms with Gasteiger partial charge in [0.1, 0.15) is 11.8 Å². The number of aromatic amines is 1. The predicted octanol–water partition coefficient (Wildman–Crippen LogP) is 1.84. The SMILES string of the molecule is CCN1CCC(Cn2c(=S)[nH]c3c(OC)ncnc32)C1. The summed E-state index contributed by atoms with van der Waals surface area (Å²) in [5.74, 6) is 1.17. The van der Waals surface area contributed by atoms with Gasteiger partial charge in [-0.2, -0.15) is 4.98 Å². The van der Waals surface area contributed by atoms with Crippen LogP contribution in [0.5, 0.6) is 5.88 Å². The molecule has 2 aromatic heterocycles. The standard InChI is InChI=1S/C13H19N5OS/c1-3-17-5-4-9(6-17)7-18-11-10(16-13(18)20)12(19-2)15-8-14-11/h8-9H,3-7H2,1-2H3,(H,16,20). The summed E-state index contributed by atoms with van der Waals surface area (Å²) in [6.45, 7) is 6.53. The Labute approximate surface area is 122 Å². The van der Waals surface area contributed by atoms with Gasteiger partial charge in [-0.1, -0.05) is 6.92 Å². The summed E-state index contributed by atoms with van der Waals surface area (Å²) in [5, 5.41) is 0. The molecule has 0 aromatic carbocycles. The van der Waals surface area contributed by atoms with Crippen molar-refractivity contribution in [3.05, 3.63) is 11.1 Å². The van der Waals surface area contributed by atoms with Gasteiger partial charge in [0.05, 0.1) is 7.11 Å². The highest BCUT2D eigenvalue weighted by Crippen LogP contribution is 2.23. The highest BCUT2D eigenvalue weighted by Gasteiger charge is 2.23. The summed E-state index contributed by atoms with van der Waals surface area (Å²) in [4.78, 5) is 14.1. The lowest BCUT2D eigenvalue weighted by molar-refractivity contribution is 0.333. The number of nitrogens with one attached hydrogen (secondary N) is 1. The number of likely N-dealkylation sites (tertiary alicyclic amines) is 1. The minimum absolute atomic E-state index is 0.543. The molecular formula is C13H19N5OS. The van der Waals surface area contributed by atoms with E-state index in [1.165, 1.54) is 19.3 Å². The molecule has 108 valence electrons. The van der Waals surface area contributed by atoms with Crippen LogP contribution in [-0.2, 0) is 6.54 Å². The maximum absolute atomic E-state index is 5.42. The molecule has 1 fully saturated rings. The highest BCUT2D eigenvalue weighted by molar-refractivity contribution is 7.71. The average Bonchev–Trinajstić information content (AvgIpc) is 3.04. The van der Waals surface area contributed by atoms with Gasteiger partial charge in [-0.15, -0.1) is 0 Å². The summed E-state index contributed by atoms with van der Waals surface area (Å²) in [6.07, 6.45) is 2.73. The van der Waals surface area contributed by atoms with Gasteiger partial charge in [-0.05, 0) is 37.6 Å². The zero-order valence-corrected chi connectivity index (χ0v) is 12.6. The second-order valence-electron chi connectivity index (χ2n) is 5.17. The van der Waals surface area contributed by atoms with E-state index >= 15 is 0 Å². The number of imidazole rings is 1. The smallest absolute Gasteiger partial charge is 0.242 e. The summed E-state index contributed by atoms with van der Waals surface area (Å²) in [5.41, 5.74) is 1.61. The third-order valence-electron chi connectivity index (χ3n) is 3.98. The number of hydrogen-bond acceptors (Lipinski definition) is 5. The van der Waals surface area contributed by atoms with E-state index in [4.69, 9.17) is 17.0 Å². The molecule has 3 rings (SSSR count). The molecule has 1 saturated heterocycles. The molecule has 1 aliphatic heterocycles. The molecule has 7 heteroatoms. The monoisotopic (exact) mass is 293 g/mol. The number of H-pyrrole nitrogens is 1. The van der Waals surface area contributed by atoms with Gasteiger partial charge in [0.25, 0.3) is 0 Å². The number of nitrogens with zero attached hydrogens (tertiary/aromatic N) is 4. The quantitative estimate of drug-likeness (QED) is 0.872. The van der Waals surface area contributed by atoms with Crippen LogP contribution in [0.4, 0.5) is 0 Å². The molecule has 1 atom stereocenters. The molecule has 0 bridgehead atoms. The zero-order chi connectivity index (χ0) is 14.1. The molecule has 0 aliphatic carbocycles. The normalized spacial score (nSPS) is 19.8. The molecular weight excluding hydrogens is 274 g/mol.